The van der Waals surface area contributed by atoms with E-state index in [9.17, 15) is 9.59 Å². The number of hydrogen-bond acceptors (Lipinski definition) is 3. The van der Waals surface area contributed by atoms with Gasteiger partial charge in [0.1, 0.15) is 11.8 Å². The molecular weight excluding hydrogens is 471 g/mol. The summed E-state index contributed by atoms with van der Waals surface area (Å²) in [5.74, 6) is 0.0271. The Kier molecular flexibility index (Phi) is 10.1. The molecule has 174 valence electrons. The van der Waals surface area contributed by atoms with Crippen LogP contribution in [0.3, 0.4) is 0 Å². The standard InChI is InChI=1S/C24H29Cl3N2O3/c1-5-16(4)28-24(31)22(6-2)29(13-17-7-9-20(26)21(27)12-17)23(30)14-32-18-8-10-19(25)15(3)11-18/h7-12,16,22H,5-6,13-14H2,1-4H3,(H,28,31)/t16-,22-/m0/s1. The van der Waals surface area contributed by atoms with Crippen LogP contribution in [-0.2, 0) is 16.1 Å². The lowest BCUT2D eigenvalue weighted by molar-refractivity contribution is -0.143. The van der Waals surface area contributed by atoms with Gasteiger partial charge in [0.25, 0.3) is 5.91 Å². The number of carbonyl (C=O) groups is 2. The van der Waals surface area contributed by atoms with Crippen molar-refractivity contribution in [2.24, 2.45) is 0 Å². The van der Waals surface area contributed by atoms with Gasteiger partial charge in [-0.2, -0.15) is 0 Å². The molecule has 1 N–H and O–H groups in total. The van der Waals surface area contributed by atoms with E-state index in [4.69, 9.17) is 39.5 Å². The second-order valence-corrected chi connectivity index (χ2v) is 8.93. The second-order valence-electron chi connectivity index (χ2n) is 7.71. The molecule has 2 aromatic carbocycles. The molecule has 0 aliphatic rings. The van der Waals surface area contributed by atoms with Crippen molar-refractivity contribution in [2.75, 3.05) is 6.61 Å². The van der Waals surface area contributed by atoms with E-state index >= 15 is 0 Å². The zero-order valence-electron chi connectivity index (χ0n) is 18.8. The Hall–Kier alpha value is -1.95. The van der Waals surface area contributed by atoms with Crippen molar-refractivity contribution >= 4 is 46.6 Å². The normalized spacial score (nSPS) is 12.7. The van der Waals surface area contributed by atoms with E-state index in [-0.39, 0.29) is 31.0 Å². The first-order chi connectivity index (χ1) is 15.2. The number of nitrogens with one attached hydrogen (secondary N) is 1. The number of hydrogen-bond donors (Lipinski definition) is 1. The molecule has 2 rings (SSSR count). The number of rotatable bonds is 10. The van der Waals surface area contributed by atoms with Crippen LogP contribution in [0, 0.1) is 6.92 Å². The van der Waals surface area contributed by atoms with Crippen LogP contribution in [0.15, 0.2) is 36.4 Å². The van der Waals surface area contributed by atoms with E-state index in [0.717, 1.165) is 17.5 Å². The maximum Gasteiger partial charge on any atom is 0.261 e. The first-order valence-corrected chi connectivity index (χ1v) is 11.7. The van der Waals surface area contributed by atoms with Gasteiger partial charge in [-0.15, -0.1) is 0 Å². The van der Waals surface area contributed by atoms with Crippen molar-refractivity contribution in [1.82, 2.24) is 10.2 Å². The van der Waals surface area contributed by atoms with Crippen LogP contribution in [0.5, 0.6) is 5.75 Å². The van der Waals surface area contributed by atoms with Crippen molar-refractivity contribution in [1.29, 1.82) is 0 Å². The number of benzene rings is 2. The molecule has 0 spiro atoms. The Labute approximate surface area is 205 Å². The molecule has 5 nitrogen and oxygen atoms in total. The Balaban J connectivity index is 2.25. The Morgan fingerprint density at radius 3 is 2.28 bits per heavy atom. The van der Waals surface area contributed by atoms with Crippen molar-refractivity contribution in [2.45, 2.75) is 59.2 Å². The van der Waals surface area contributed by atoms with Gasteiger partial charge in [0, 0.05) is 17.6 Å². The summed E-state index contributed by atoms with van der Waals surface area (Å²) in [6, 6.07) is 9.72. The first-order valence-electron chi connectivity index (χ1n) is 10.6. The summed E-state index contributed by atoms with van der Waals surface area (Å²) in [7, 11) is 0. The molecule has 0 aromatic heterocycles. The van der Waals surface area contributed by atoms with Gasteiger partial charge in [0.05, 0.1) is 10.0 Å². The van der Waals surface area contributed by atoms with E-state index in [1.54, 1.807) is 36.4 Å². The fourth-order valence-electron chi connectivity index (χ4n) is 3.13. The summed E-state index contributed by atoms with van der Waals surface area (Å²) in [5, 5.41) is 4.41. The molecule has 2 amide bonds. The molecule has 0 unspecified atom stereocenters. The predicted octanol–water partition coefficient (Wildman–Crippen LogP) is 6.06. The monoisotopic (exact) mass is 498 g/mol. The van der Waals surface area contributed by atoms with E-state index < -0.39 is 6.04 Å². The lowest BCUT2D eigenvalue weighted by Crippen LogP contribution is -2.51. The zero-order valence-corrected chi connectivity index (χ0v) is 21.0. The van der Waals surface area contributed by atoms with Crippen LogP contribution in [0.4, 0.5) is 0 Å². The van der Waals surface area contributed by atoms with Crippen molar-refractivity contribution in [3.05, 3.63) is 62.6 Å². The third-order valence-electron chi connectivity index (χ3n) is 5.22. The van der Waals surface area contributed by atoms with Crippen LogP contribution in [0.25, 0.3) is 0 Å². The molecule has 0 heterocycles. The molecule has 0 aliphatic carbocycles. The maximum atomic E-state index is 13.2. The smallest absolute Gasteiger partial charge is 0.261 e. The molecule has 8 heteroatoms. The number of halogens is 3. The van der Waals surface area contributed by atoms with Gasteiger partial charge in [0.15, 0.2) is 6.61 Å². The van der Waals surface area contributed by atoms with Crippen LogP contribution < -0.4 is 10.1 Å². The summed E-state index contributed by atoms with van der Waals surface area (Å²) in [6.45, 7) is 7.65. The van der Waals surface area contributed by atoms with Gasteiger partial charge in [-0.05, 0) is 68.1 Å². The third-order valence-corrected chi connectivity index (χ3v) is 6.38. The van der Waals surface area contributed by atoms with Crippen LogP contribution in [0.1, 0.15) is 44.7 Å². The Morgan fingerprint density at radius 1 is 1.00 bits per heavy atom. The van der Waals surface area contributed by atoms with E-state index in [1.807, 2.05) is 27.7 Å². The molecule has 0 saturated carbocycles. The largest absolute Gasteiger partial charge is 0.484 e. The summed E-state index contributed by atoms with van der Waals surface area (Å²) in [5.41, 5.74) is 1.62. The van der Waals surface area contributed by atoms with Crippen LogP contribution in [-0.4, -0.2) is 35.4 Å². The molecule has 0 fully saturated rings. The van der Waals surface area contributed by atoms with E-state index in [2.05, 4.69) is 5.32 Å². The molecule has 0 bridgehead atoms. The number of aryl methyl sites for hydroxylation is 1. The van der Waals surface area contributed by atoms with Crippen molar-refractivity contribution < 1.29 is 14.3 Å². The highest BCUT2D eigenvalue weighted by Gasteiger charge is 2.29. The molecule has 32 heavy (non-hydrogen) atoms. The topological polar surface area (TPSA) is 58.6 Å². The van der Waals surface area contributed by atoms with Crippen molar-refractivity contribution in [3.63, 3.8) is 0 Å². The number of amides is 2. The fourth-order valence-corrected chi connectivity index (χ4v) is 3.57. The highest BCUT2D eigenvalue weighted by Crippen LogP contribution is 2.25. The molecule has 2 aromatic rings. The lowest BCUT2D eigenvalue weighted by Gasteiger charge is -2.31. The van der Waals surface area contributed by atoms with Gasteiger partial charge in [-0.25, -0.2) is 0 Å². The minimum absolute atomic E-state index is 0.00627. The average molecular weight is 500 g/mol. The molecule has 0 saturated heterocycles. The Morgan fingerprint density at radius 2 is 1.69 bits per heavy atom. The van der Waals surface area contributed by atoms with Gasteiger partial charge in [0.2, 0.25) is 5.91 Å². The first kappa shape index (κ1) is 26.3. The summed E-state index contributed by atoms with van der Waals surface area (Å²) in [6.07, 6.45) is 1.25. The summed E-state index contributed by atoms with van der Waals surface area (Å²) in [4.78, 5) is 27.7. The van der Waals surface area contributed by atoms with Gasteiger partial charge < -0.3 is 15.0 Å². The fraction of sp³-hybridized carbons (Fsp3) is 0.417. The Bertz CT molecular complexity index is 952. The van der Waals surface area contributed by atoms with E-state index in [0.29, 0.717) is 27.2 Å². The van der Waals surface area contributed by atoms with Crippen molar-refractivity contribution in [3.8, 4) is 5.75 Å². The number of nitrogens with zero attached hydrogens (tertiary/aromatic N) is 1. The highest BCUT2D eigenvalue weighted by molar-refractivity contribution is 6.42. The number of ether oxygens (including phenoxy) is 1. The van der Waals surface area contributed by atoms with Crippen LogP contribution in [0.2, 0.25) is 15.1 Å². The molecule has 2 atom stereocenters. The van der Waals surface area contributed by atoms with Gasteiger partial charge in [-0.3, -0.25) is 9.59 Å². The molecular formula is C24H29Cl3N2O3. The quantitative estimate of drug-likeness (QED) is 0.432. The van der Waals surface area contributed by atoms with Gasteiger partial charge in [-0.1, -0.05) is 54.7 Å². The molecule has 0 radical (unpaired) electrons. The van der Waals surface area contributed by atoms with Crippen LogP contribution >= 0.6 is 34.8 Å². The zero-order chi connectivity index (χ0) is 23.8. The lowest BCUT2D eigenvalue weighted by atomic mass is 10.1. The SMILES string of the molecule is CC[C@H](C)NC(=O)[C@H](CC)N(Cc1ccc(Cl)c(Cl)c1)C(=O)COc1ccc(Cl)c(C)c1. The predicted molar refractivity (Wildman–Crippen MR) is 131 cm³/mol. The van der Waals surface area contributed by atoms with Gasteiger partial charge >= 0.3 is 0 Å². The summed E-state index contributed by atoms with van der Waals surface area (Å²) < 4.78 is 5.71. The minimum atomic E-state index is -0.651. The average Bonchev–Trinajstić information content (AvgIpc) is 2.76. The minimum Gasteiger partial charge on any atom is -0.484 e. The highest BCUT2D eigenvalue weighted by atomic mass is 35.5. The van der Waals surface area contributed by atoms with E-state index in [1.165, 1.54) is 4.90 Å². The number of carbonyl (C=O) groups excluding carboxylic acids is 2. The third kappa shape index (κ3) is 7.29. The summed E-state index contributed by atoms with van der Waals surface area (Å²) >= 11 is 18.2. The maximum absolute atomic E-state index is 13.2. The second kappa shape index (κ2) is 12.3. The molecule has 0 aliphatic heterocycles.